The van der Waals surface area contributed by atoms with Crippen molar-refractivity contribution in [2.24, 2.45) is 11.8 Å². The molecule has 2 nitrogen and oxygen atoms in total. The Balaban J connectivity index is 1.10. The monoisotopic (exact) mass is 1050 g/mol. The number of hydrogen-bond acceptors (Lipinski definition) is 8. The van der Waals surface area contributed by atoms with Gasteiger partial charge >= 0.3 is 0 Å². The van der Waals surface area contributed by atoms with Crippen LogP contribution in [0.25, 0.3) is 60.5 Å². The van der Waals surface area contributed by atoms with E-state index in [2.05, 4.69) is 74.9 Å². The summed E-state index contributed by atoms with van der Waals surface area (Å²) in [6.45, 7) is 9.31. The first-order chi connectivity index (χ1) is 34.6. The van der Waals surface area contributed by atoms with Crippen LogP contribution in [-0.2, 0) is 12.8 Å². The van der Waals surface area contributed by atoms with Gasteiger partial charge in [-0.2, -0.15) is 8.75 Å². The maximum Gasteiger partial charge on any atom is 0.114 e. The molecule has 384 valence electrons. The summed E-state index contributed by atoms with van der Waals surface area (Å²) in [5.74, 6) is 1.53. The fourth-order valence-electron chi connectivity index (χ4n) is 11.1. The van der Waals surface area contributed by atoms with E-state index in [0.717, 1.165) is 22.9 Å². The summed E-state index contributed by atoms with van der Waals surface area (Å²) in [5.41, 5.74) is 7.80. The topological polar surface area (TPSA) is 25.8 Å². The van der Waals surface area contributed by atoms with Crippen LogP contribution in [0, 0.1) is 11.8 Å². The van der Waals surface area contributed by atoms with E-state index in [-0.39, 0.29) is 0 Å². The minimum absolute atomic E-state index is 0.736. The van der Waals surface area contributed by atoms with E-state index < -0.39 is 0 Å². The normalized spacial score (nSPS) is 13.0. The molecule has 0 saturated carbocycles. The molecule has 0 N–H and O–H groups in total. The Bertz CT molecular complexity index is 2470. The van der Waals surface area contributed by atoms with Gasteiger partial charge in [0.05, 0.1) is 21.1 Å². The number of thiophene rings is 5. The Morgan fingerprint density at radius 2 is 0.900 bits per heavy atom. The quantitative estimate of drug-likeness (QED) is 0.0359. The smallest absolute Gasteiger partial charge is 0.114 e. The van der Waals surface area contributed by atoms with Crippen molar-refractivity contribution < 1.29 is 0 Å². The van der Waals surface area contributed by atoms with Crippen molar-refractivity contribution in [2.75, 3.05) is 0 Å². The lowest BCUT2D eigenvalue weighted by Gasteiger charge is -2.17. The highest BCUT2D eigenvalue weighted by Gasteiger charge is 2.23. The summed E-state index contributed by atoms with van der Waals surface area (Å²) in [6.07, 6.45) is 46.9. The Labute approximate surface area is 450 Å². The molecule has 2 atom stereocenters. The number of rotatable bonds is 39. The predicted octanol–water partition coefficient (Wildman–Crippen LogP) is 24.2. The number of unbranched alkanes of at least 4 members (excludes halogenated alkanes) is 24. The zero-order chi connectivity index (χ0) is 48.6. The molecule has 0 fully saturated rings. The Morgan fingerprint density at radius 3 is 1.43 bits per heavy atom. The maximum atomic E-state index is 5.09. The van der Waals surface area contributed by atoms with Gasteiger partial charge in [-0.15, -0.1) is 56.7 Å². The van der Waals surface area contributed by atoms with E-state index in [0.29, 0.717) is 0 Å². The molecule has 0 aliphatic carbocycles. The molecular weight excluding hydrogens is 965 g/mol. The lowest BCUT2D eigenvalue weighted by molar-refractivity contribution is 0.400. The molecule has 7 aromatic rings. The van der Waals surface area contributed by atoms with Crippen LogP contribution in [0.3, 0.4) is 0 Å². The average molecular weight is 1060 g/mol. The first-order valence-corrected chi connectivity index (χ1v) is 33.9. The van der Waals surface area contributed by atoms with Crippen molar-refractivity contribution in [3.8, 4) is 30.6 Å². The molecule has 1 aromatic carbocycles. The first kappa shape index (κ1) is 55.8. The van der Waals surface area contributed by atoms with Crippen LogP contribution in [0.4, 0.5) is 0 Å². The van der Waals surface area contributed by atoms with Crippen molar-refractivity contribution in [2.45, 2.75) is 246 Å². The van der Waals surface area contributed by atoms with Gasteiger partial charge in [0.15, 0.2) is 0 Å². The molecule has 0 saturated heterocycles. The zero-order valence-electron chi connectivity index (χ0n) is 44.2. The Hall–Kier alpha value is -1.94. The molecule has 0 bridgehead atoms. The van der Waals surface area contributed by atoms with E-state index in [1.165, 1.54) is 285 Å². The molecule has 7 rings (SSSR count). The molecule has 0 aliphatic rings. The third-order valence-electron chi connectivity index (χ3n) is 15.3. The van der Waals surface area contributed by atoms with Crippen LogP contribution >= 0.6 is 68.4 Å². The van der Waals surface area contributed by atoms with Crippen LogP contribution in [0.2, 0.25) is 0 Å². The van der Waals surface area contributed by atoms with Gasteiger partial charge in [0, 0.05) is 40.0 Å². The van der Waals surface area contributed by atoms with E-state index in [1.54, 1.807) is 5.56 Å². The summed E-state index contributed by atoms with van der Waals surface area (Å²) in [5, 5.41) is 4.74. The maximum absolute atomic E-state index is 5.09. The highest BCUT2D eigenvalue weighted by Crippen LogP contribution is 2.50. The van der Waals surface area contributed by atoms with Gasteiger partial charge in [0.25, 0.3) is 0 Å². The Kier molecular flexibility index (Phi) is 25.3. The molecule has 8 heteroatoms. The van der Waals surface area contributed by atoms with Crippen molar-refractivity contribution in [3.05, 3.63) is 58.3 Å². The van der Waals surface area contributed by atoms with Crippen LogP contribution < -0.4 is 0 Å². The van der Waals surface area contributed by atoms with Crippen LogP contribution in [0.5, 0.6) is 0 Å². The molecule has 0 radical (unpaired) electrons. The third-order valence-corrected chi connectivity index (χ3v) is 21.8. The largest absolute Gasteiger partial charge is 0.172 e. The molecule has 2 unspecified atom stereocenters. The highest BCUT2D eigenvalue weighted by molar-refractivity contribution is 7.39. The number of aromatic nitrogens is 2. The standard InChI is InChI=1S/C62H90N2S6/c1-5-9-13-17-21-23-27-30-34-47(33-29-25-19-15-11-7-3)41-49-43-54(66-46-49)51-37-38-52(59-58(51)63-70-64-59)55-44-50(60(68-55)56-45-57-62(69-56)61-53(67-57)39-40-65-61)42-48(35-31-26-20-16-12-8-4)36-32-28-24-22-18-14-10-6-2/h37-40,43-48H,5-36,41-42H2,1-4H3. The molecule has 0 aliphatic heterocycles. The first-order valence-electron chi connectivity index (χ1n) is 29.0. The van der Waals surface area contributed by atoms with Crippen LogP contribution in [0.1, 0.15) is 244 Å². The zero-order valence-corrected chi connectivity index (χ0v) is 49.1. The second-order valence-corrected chi connectivity index (χ2v) is 26.8. The molecule has 6 aromatic heterocycles. The van der Waals surface area contributed by atoms with Crippen LogP contribution in [-0.4, -0.2) is 8.75 Å². The summed E-state index contributed by atoms with van der Waals surface area (Å²) in [7, 11) is 0. The summed E-state index contributed by atoms with van der Waals surface area (Å²) in [6, 6.07) is 14.8. The van der Waals surface area contributed by atoms with Crippen LogP contribution in [0.15, 0.2) is 47.2 Å². The minimum atomic E-state index is 0.736. The minimum Gasteiger partial charge on any atom is -0.172 e. The number of hydrogen-bond donors (Lipinski definition) is 0. The van der Waals surface area contributed by atoms with E-state index in [4.69, 9.17) is 8.75 Å². The summed E-state index contributed by atoms with van der Waals surface area (Å²) < 4.78 is 16.0. The lowest BCUT2D eigenvalue weighted by atomic mass is 9.88. The SMILES string of the molecule is CCCCCCCCCCC(CCCCCCCC)Cc1csc(-c2ccc(-c3cc(CC(CCCCCCCC)CCCCCCCCCC)c(-c4cc5sc6ccsc6c5s4)s3)c3nsnc23)c1. The lowest BCUT2D eigenvalue weighted by Crippen LogP contribution is -2.05. The van der Waals surface area contributed by atoms with Gasteiger partial charge in [-0.1, -0.05) is 245 Å². The fraction of sp³-hybridized carbons (Fsp3) is 0.645. The van der Waals surface area contributed by atoms with Gasteiger partial charge in [0.1, 0.15) is 11.0 Å². The van der Waals surface area contributed by atoms with Crippen molar-refractivity contribution in [1.29, 1.82) is 0 Å². The second kappa shape index (κ2) is 31.7. The van der Waals surface area contributed by atoms with Gasteiger partial charge in [-0.3, -0.25) is 0 Å². The third kappa shape index (κ3) is 17.1. The molecular formula is C62H90N2S6. The predicted molar refractivity (Wildman–Crippen MR) is 323 cm³/mol. The fourth-order valence-corrected chi connectivity index (χ4v) is 17.7. The van der Waals surface area contributed by atoms with Crippen molar-refractivity contribution in [1.82, 2.24) is 8.75 Å². The van der Waals surface area contributed by atoms with Gasteiger partial charge < -0.3 is 0 Å². The average Bonchev–Trinajstić information content (AvgIpc) is 4.24. The second-order valence-electron chi connectivity index (χ2n) is 21.2. The van der Waals surface area contributed by atoms with E-state index in [9.17, 15) is 0 Å². The summed E-state index contributed by atoms with van der Waals surface area (Å²) >= 11 is 11.3. The molecule has 0 amide bonds. The number of benzene rings is 1. The molecule has 6 heterocycles. The van der Waals surface area contributed by atoms with E-state index in [1.807, 2.05) is 56.7 Å². The van der Waals surface area contributed by atoms with Crippen molar-refractivity contribution >= 4 is 98.2 Å². The number of nitrogens with zero attached hydrogens (tertiary/aromatic N) is 2. The van der Waals surface area contributed by atoms with Gasteiger partial charge in [-0.05, 0) is 70.8 Å². The Morgan fingerprint density at radius 1 is 0.414 bits per heavy atom. The van der Waals surface area contributed by atoms with Crippen molar-refractivity contribution in [3.63, 3.8) is 0 Å². The van der Waals surface area contributed by atoms with E-state index >= 15 is 0 Å². The number of fused-ring (bicyclic) bond motifs is 4. The van der Waals surface area contributed by atoms with Gasteiger partial charge in [0.2, 0.25) is 0 Å². The highest BCUT2D eigenvalue weighted by atomic mass is 32.1. The van der Waals surface area contributed by atoms with Gasteiger partial charge in [-0.25, -0.2) is 0 Å². The molecule has 70 heavy (non-hydrogen) atoms. The molecule has 0 spiro atoms. The summed E-state index contributed by atoms with van der Waals surface area (Å²) in [4.78, 5) is 5.68.